The van der Waals surface area contributed by atoms with Gasteiger partial charge in [-0.3, -0.25) is 23.7 Å². The van der Waals surface area contributed by atoms with E-state index >= 15 is 0 Å². The van der Waals surface area contributed by atoms with E-state index in [-0.39, 0.29) is 34.2 Å². The largest absolute Gasteiger partial charge is 0.341 e. The minimum absolute atomic E-state index is 0.102. The standard InChI is InChI=1S/C28H25Cl2N3O4S2/c1-15-8-10-16(11-9-15)33-25(35)21-20(17-6-5-7-18(29)22(17)30)24-27(38-23(21)26(33)36)32(28(37)39-24)14-19(34)31-12-3-2-4-13-31/h5-11,20-21,23H,2-4,12-14H2,1H3. The van der Waals surface area contributed by atoms with E-state index in [1.54, 1.807) is 35.2 Å². The van der Waals surface area contributed by atoms with Crippen LogP contribution in [-0.4, -0.2) is 45.5 Å². The van der Waals surface area contributed by atoms with E-state index in [9.17, 15) is 19.2 Å². The van der Waals surface area contributed by atoms with E-state index in [1.807, 2.05) is 19.1 Å². The first-order valence-corrected chi connectivity index (χ1v) is 15.3. The Morgan fingerprint density at radius 3 is 2.41 bits per heavy atom. The number of carbonyl (C=O) groups excluding carboxylic acids is 3. The van der Waals surface area contributed by atoms with Gasteiger partial charge in [0.2, 0.25) is 17.7 Å². The van der Waals surface area contributed by atoms with Crippen molar-refractivity contribution >= 4 is 69.7 Å². The number of aryl methyl sites for hydroxylation is 1. The first kappa shape index (κ1) is 26.6. The fourth-order valence-electron chi connectivity index (χ4n) is 5.68. The first-order chi connectivity index (χ1) is 18.8. The van der Waals surface area contributed by atoms with Gasteiger partial charge in [-0.25, -0.2) is 4.90 Å². The van der Waals surface area contributed by atoms with Crippen LogP contribution in [0.3, 0.4) is 0 Å². The molecular weight excluding hydrogens is 577 g/mol. The average Bonchev–Trinajstić information content (AvgIpc) is 3.38. The van der Waals surface area contributed by atoms with Crippen molar-refractivity contribution in [2.45, 2.75) is 48.9 Å². The lowest BCUT2D eigenvalue weighted by Gasteiger charge is -2.31. The van der Waals surface area contributed by atoms with Crippen molar-refractivity contribution in [2.24, 2.45) is 5.92 Å². The highest BCUT2D eigenvalue weighted by Gasteiger charge is 2.57. The zero-order valence-electron chi connectivity index (χ0n) is 21.1. The van der Waals surface area contributed by atoms with Gasteiger partial charge < -0.3 is 4.90 Å². The van der Waals surface area contributed by atoms with Crippen molar-refractivity contribution in [3.05, 3.63) is 78.2 Å². The number of aromatic nitrogens is 1. The van der Waals surface area contributed by atoms with Gasteiger partial charge in [-0.15, -0.1) is 0 Å². The highest BCUT2D eigenvalue weighted by molar-refractivity contribution is 8.00. The van der Waals surface area contributed by atoms with Crippen LogP contribution in [0.2, 0.25) is 10.0 Å². The number of piperidine rings is 1. The molecule has 3 aliphatic heterocycles. The molecule has 0 aliphatic carbocycles. The Morgan fingerprint density at radius 1 is 0.974 bits per heavy atom. The number of anilines is 1. The quantitative estimate of drug-likeness (QED) is 0.377. The van der Waals surface area contributed by atoms with Crippen molar-refractivity contribution in [1.82, 2.24) is 9.47 Å². The van der Waals surface area contributed by atoms with Crippen molar-refractivity contribution in [3.63, 3.8) is 0 Å². The van der Waals surface area contributed by atoms with E-state index in [4.69, 9.17) is 23.2 Å². The molecule has 6 rings (SSSR count). The second kappa shape index (κ2) is 10.4. The van der Waals surface area contributed by atoms with Crippen LogP contribution < -0.4 is 9.77 Å². The Labute approximate surface area is 243 Å². The molecule has 39 heavy (non-hydrogen) atoms. The zero-order valence-corrected chi connectivity index (χ0v) is 24.2. The number of nitrogens with zero attached hydrogens (tertiary/aromatic N) is 3. The molecule has 3 atom stereocenters. The van der Waals surface area contributed by atoms with Crippen LogP contribution in [0.4, 0.5) is 5.69 Å². The summed E-state index contributed by atoms with van der Waals surface area (Å²) in [6.07, 6.45) is 2.98. The van der Waals surface area contributed by atoms with Gasteiger partial charge in [0.15, 0.2) is 0 Å². The number of imide groups is 1. The second-order valence-electron chi connectivity index (χ2n) is 10.1. The Kier molecular flexibility index (Phi) is 7.12. The van der Waals surface area contributed by atoms with E-state index < -0.39 is 17.1 Å². The molecule has 0 radical (unpaired) electrons. The number of fused-ring (bicyclic) bond motifs is 2. The lowest BCUT2D eigenvalue weighted by atomic mass is 9.83. The van der Waals surface area contributed by atoms with Crippen molar-refractivity contribution in [1.29, 1.82) is 0 Å². The van der Waals surface area contributed by atoms with Gasteiger partial charge in [0, 0.05) is 23.9 Å². The molecule has 4 heterocycles. The summed E-state index contributed by atoms with van der Waals surface area (Å²) in [5.74, 6) is -2.25. The summed E-state index contributed by atoms with van der Waals surface area (Å²) < 4.78 is 1.47. The second-order valence-corrected chi connectivity index (χ2v) is 13.0. The predicted octanol–water partition coefficient (Wildman–Crippen LogP) is 5.33. The van der Waals surface area contributed by atoms with E-state index in [2.05, 4.69) is 0 Å². The summed E-state index contributed by atoms with van der Waals surface area (Å²) in [5.41, 5.74) is 2.10. The Morgan fingerprint density at radius 2 is 1.69 bits per heavy atom. The summed E-state index contributed by atoms with van der Waals surface area (Å²) >= 11 is 15.3. The molecule has 3 amide bonds. The van der Waals surface area contributed by atoms with Crippen LogP contribution in [0.15, 0.2) is 52.3 Å². The van der Waals surface area contributed by atoms with Crippen LogP contribution in [0.5, 0.6) is 0 Å². The lowest BCUT2D eigenvalue weighted by Crippen LogP contribution is -2.39. The number of hydrogen-bond acceptors (Lipinski definition) is 6. The number of benzene rings is 2. The molecule has 3 aromatic rings. The Hall–Kier alpha value is -2.59. The minimum Gasteiger partial charge on any atom is -0.341 e. The van der Waals surface area contributed by atoms with Gasteiger partial charge in [-0.05, 0) is 49.9 Å². The maximum Gasteiger partial charge on any atom is 0.308 e. The van der Waals surface area contributed by atoms with Gasteiger partial charge in [-0.1, -0.05) is 76.1 Å². The number of amides is 3. The van der Waals surface area contributed by atoms with Crippen molar-refractivity contribution in [2.75, 3.05) is 18.0 Å². The molecule has 2 fully saturated rings. The van der Waals surface area contributed by atoms with E-state index in [0.717, 1.165) is 36.2 Å². The van der Waals surface area contributed by atoms with E-state index in [0.29, 0.717) is 39.3 Å². The third kappa shape index (κ3) is 4.53. The fraction of sp³-hybridized carbons (Fsp3) is 0.357. The molecule has 3 unspecified atom stereocenters. The number of thiazole rings is 1. The monoisotopic (exact) mass is 601 g/mol. The predicted molar refractivity (Wildman–Crippen MR) is 154 cm³/mol. The number of thioether (sulfide) groups is 1. The Bertz CT molecular complexity index is 1550. The Balaban J connectivity index is 1.46. The summed E-state index contributed by atoms with van der Waals surface area (Å²) in [6, 6.07) is 12.4. The van der Waals surface area contributed by atoms with Gasteiger partial charge in [0.05, 0.1) is 26.7 Å². The van der Waals surface area contributed by atoms with Crippen LogP contribution in [-0.2, 0) is 20.9 Å². The molecular formula is C28H25Cl2N3O4S2. The number of halogens is 2. The number of likely N-dealkylation sites (tertiary alicyclic amines) is 1. The van der Waals surface area contributed by atoms with Crippen molar-refractivity contribution in [3.8, 4) is 0 Å². The average molecular weight is 603 g/mol. The maximum absolute atomic E-state index is 14.0. The van der Waals surface area contributed by atoms with E-state index in [1.165, 1.54) is 21.2 Å². The molecule has 7 nitrogen and oxygen atoms in total. The molecule has 0 saturated carbocycles. The fourth-order valence-corrected chi connectivity index (χ4v) is 8.87. The lowest BCUT2D eigenvalue weighted by molar-refractivity contribution is -0.133. The molecule has 3 aliphatic rings. The maximum atomic E-state index is 14.0. The normalized spacial score (nSPS) is 22.7. The van der Waals surface area contributed by atoms with Gasteiger partial charge in [0.1, 0.15) is 11.8 Å². The molecule has 202 valence electrons. The summed E-state index contributed by atoms with van der Waals surface area (Å²) in [7, 11) is 0. The molecule has 2 saturated heterocycles. The first-order valence-electron chi connectivity index (χ1n) is 12.8. The highest BCUT2D eigenvalue weighted by Crippen LogP contribution is 2.55. The molecule has 0 bridgehead atoms. The summed E-state index contributed by atoms with van der Waals surface area (Å²) in [4.78, 5) is 57.6. The van der Waals surface area contributed by atoms with Crippen molar-refractivity contribution < 1.29 is 14.4 Å². The SMILES string of the molecule is Cc1ccc(N2C(=O)C3Sc4c(sc(=O)n4CC(=O)N4CCCCC4)C(c4cccc(Cl)c4Cl)C3C2=O)cc1. The molecule has 2 aromatic carbocycles. The van der Waals surface area contributed by atoms with Crippen LogP contribution >= 0.6 is 46.3 Å². The van der Waals surface area contributed by atoms with Crippen LogP contribution in [0, 0.1) is 12.8 Å². The van der Waals surface area contributed by atoms with Crippen LogP contribution in [0.1, 0.15) is 41.2 Å². The summed E-state index contributed by atoms with van der Waals surface area (Å²) in [5, 5.41) is 0.373. The third-order valence-electron chi connectivity index (χ3n) is 7.66. The molecule has 11 heteroatoms. The third-order valence-corrected chi connectivity index (χ3v) is 11.1. The number of carbonyl (C=O) groups is 3. The van der Waals surface area contributed by atoms with Crippen LogP contribution in [0.25, 0.3) is 0 Å². The minimum atomic E-state index is -0.781. The molecule has 0 N–H and O–H groups in total. The highest BCUT2D eigenvalue weighted by atomic mass is 35.5. The number of hydrogen-bond donors (Lipinski definition) is 0. The topological polar surface area (TPSA) is 79.7 Å². The van der Waals surface area contributed by atoms with Gasteiger partial charge in [0.25, 0.3) is 0 Å². The number of rotatable bonds is 4. The molecule has 0 spiro atoms. The summed E-state index contributed by atoms with van der Waals surface area (Å²) in [6.45, 7) is 3.19. The smallest absolute Gasteiger partial charge is 0.308 e. The zero-order chi connectivity index (χ0) is 27.4. The van der Waals surface area contributed by atoms with Gasteiger partial charge in [-0.2, -0.15) is 0 Å². The van der Waals surface area contributed by atoms with Gasteiger partial charge >= 0.3 is 4.87 Å². The molecule has 1 aromatic heterocycles.